The highest BCUT2D eigenvalue weighted by Gasteiger charge is 2.14. The lowest BCUT2D eigenvalue weighted by Crippen LogP contribution is -2.20. The number of pyridine rings is 2. The molecule has 1 atom stereocenters. The number of anilines is 1. The summed E-state index contributed by atoms with van der Waals surface area (Å²) < 4.78 is 4.83. The first-order chi connectivity index (χ1) is 12.6. The molecule has 0 saturated carbocycles. The number of rotatable bonds is 4. The molecule has 4 rings (SSSR count). The normalized spacial score (nSPS) is 12.2. The van der Waals surface area contributed by atoms with Crippen molar-refractivity contribution in [2.45, 2.75) is 13.0 Å². The fraction of sp³-hybridized carbons (Fsp3) is 0.118. The van der Waals surface area contributed by atoms with E-state index in [4.69, 9.17) is 16.1 Å². The van der Waals surface area contributed by atoms with Gasteiger partial charge in [-0.3, -0.25) is 4.79 Å². The molecule has 4 heterocycles. The van der Waals surface area contributed by atoms with E-state index in [-0.39, 0.29) is 11.6 Å². The Bertz CT molecular complexity index is 1130. The minimum atomic E-state index is -0.333. The van der Waals surface area contributed by atoms with Gasteiger partial charge in [0.2, 0.25) is 5.95 Å². The van der Waals surface area contributed by atoms with Gasteiger partial charge in [0, 0.05) is 23.3 Å². The van der Waals surface area contributed by atoms with Crippen LogP contribution in [0.3, 0.4) is 0 Å². The lowest BCUT2D eigenvalue weighted by Gasteiger charge is -2.14. The quantitative estimate of drug-likeness (QED) is 0.569. The third-order valence-corrected chi connectivity index (χ3v) is 4.09. The van der Waals surface area contributed by atoms with Gasteiger partial charge in [0.1, 0.15) is 11.9 Å². The topological polar surface area (TPSA) is 110 Å². The first-order valence-corrected chi connectivity index (χ1v) is 8.16. The van der Waals surface area contributed by atoms with Gasteiger partial charge in [-0.05, 0) is 25.1 Å². The third kappa shape index (κ3) is 3.14. The van der Waals surface area contributed by atoms with Gasteiger partial charge in [-0.25, -0.2) is 15.0 Å². The molecule has 0 radical (unpaired) electrons. The van der Waals surface area contributed by atoms with Gasteiger partial charge in [0.15, 0.2) is 0 Å². The average Bonchev–Trinajstić information content (AvgIpc) is 3.16. The van der Waals surface area contributed by atoms with Crippen molar-refractivity contribution in [2.24, 2.45) is 0 Å². The highest BCUT2D eigenvalue weighted by Crippen LogP contribution is 2.21. The summed E-state index contributed by atoms with van der Waals surface area (Å²) in [7, 11) is 0. The number of hydrogen-bond donors (Lipinski definition) is 2. The van der Waals surface area contributed by atoms with E-state index in [1.54, 1.807) is 30.6 Å². The molecule has 0 saturated heterocycles. The molecule has 130 valence electrons. The van der Waals surface area contributed by atoms with Gasteiger partial charge in [0.25, 0.3) is 5.56 Å². The van der Waals surface area contributed by atoms with Gasteiger partial charge in [-0.1, -0.05) is 16.8 Å². The Morgan fingerprint density at radius 2 is 2.15 bits per heavy atom. The molecule has 2 N–H and O–H groups in total. The minimum absolute atomic E-state index is 0.234. The summed E-state index contributed by atoms with van der Waals surface area (Å²) in [5, 5.41) is 8.05. The van der Waals surface area contributed by atoms with Crippen molar-refractivity contribution in [1.29, 1.82) is 0 Å². The number of hydrogen-bond acceptors (Lipinski definition) is 7. The molecule has 0 fully saturated rings. The summed E-state index contributed by atoms with van der Waals surface area (Å²) in [4.78, 5) is 27.9. The van der Waals surface area contributed by atoms with E-state index in [2.05, 4.69) is 30.4 Å². The van der Waals surface area contributed by atoms with Crippen LogP contribution >= 0.6 is 11.6 Å². The smallest absolute Gasteiger partial charge is 0.254 e. The average molecular weight is 369 g/mol. The highest BCUT2D eigenvalue weighted by molar-refractivity contribution is 6.31. The number of H-pyrrole nitrogens is 1. The molecule has 0 amide bonds. The van der Waals surface area contributed by atoms with E-state index in [0.29, 0.717) is 27.9 Å². The molecule has 8 nitrogen and oxygen atoms in total. The van der Waals surface area contributed by atoms with Gasteiger partial charge < -0.3 is 14.8 Å². The van der Waals surface area contributed by atoms with Gasteiger partial charge in [-0.15, -0.1) is 0 Å². The van der Waals surface area contributed by atoms with Gasteiger partial charge >= 0.3 is 0 Å². The largest absolute Gasteiger partial charge is 0.364 e. The Morgan fingerprint density at radius 1 is 1.27 bits per heavy atom. The lowest BCUT2D eigenvalue weighted by atomic mass is 10.1. The molecule has 0 aliphatic rings. The Balaban J connectivity index is 1.65. The second kappa shape index (κ2) is 6.57. The highest BCUT2D eigenvalue weighted by atomic mass is 35.5. The fourth-order valence-electron chi connectivity index (χ4n) is 2.60. The Kier molecular flexibility index (Phi) is 4.10. The van der Waals surface area contributed by atoms with Gasteiger partial charge in [0.05, 0.1) is 28.5 Å². The van der Waals surface area contributed by atoms with Crippen molar-refractivity contribution >= 4 is 28.6 Å². The number of nitrogens with one attached hydrogen (secondary N) is 2. The van der Waals surface area contributed by atoms with Crippen LogP contribution in [0.2, 0.25) is 5.02 Å². The summed E-state index contributed by atoms with van der Waals surface area (Å²) in [5.41, 5.74) is 2.19. The van der Waals surface area contributed by atoms with Crippen LogP contribution in [0, 0.1) is 0 Å². The summed E-state index contributed by atoms with van der Waals surface area (Å²) in [6.45, 7) is 1.85. The van der Waals surface area contributed by atoms with Crippen LogP contribution in [0.1, 0.15) is 18.5 Å². The van der Waals surface area contributed by atoms with E-state index < -0.39 is 0 Å². The van der Waals surface area contributed by atoms with E-state index in [1.807, 2.05) is 6.92 Å². The number of fused-ring (bicyclic) bond motifs is 1. The SMILES string of the molecule is C[C@H](Nc1nccc(-c2cnoc2)n1)c1cc2cc(Cl)cnc2[nH]c1=O. The molecule has 4 aromatic rings. The first-order valence-electron chi connectivity index (χ1n) is 7.78. The third-order valence-electron chi connectivity index (χ3n) is 3.88. The summed E-state index contributed by atoms with van der Waals surface area (Å²) >= 11 is 5.98. The first kappa shape index (κ1) is 16.2. The second-order valence-electron chi connectivity index (χ2n) is 5.69. The van der Waals surface area contributed by atoms with Crippen molar-refractivity contribution in [3.05, 3.63) is 64.0 Å². The van der Waals surface area contributed by atoms with Crippen LogP contribution in [-0.2, 0) is 0 Å². The van der Waals surface area contributed by atoms with Crippen LogP contribution in [0.25, 0.3) is 22.3 Å². The Morgan fingerprint density at radius 3 is 2.96 bits per heavy atom. The predicted molar refractivity (Wildman–Crippen MR) is 96.9 cm³/mol. The Hall–Kier alpha value is -3.26. The molecule has 0 bridgehead atoms. The van der Waals surface area contributed by atoms with E-state index >= 15 is 0 Å². The summed E-state index contributed by atoms with van der Waals surface area (Å²) in [6.07, 6.45) is 6.19. The van der Waals surface area contributed by atoms with Crippen molar-refractivity contribution in [1.82, 2.24) is 25.1 Å². The molecule has 0 spiro atoms. The van der Waals surface area contributed by atoms with Crippen LogP contribution in [0.15, 0.2) is 52.4 Å². The lowest BCUT2D eigenvalue weighted by molar-refractivity contribution is 0.420. The fourth-order valence-corrected chi connectivity index (χ4v) is 2.76. The van der Waals surface area contributed by atoms with Crippen LogP contribution < -0.4 is 10.9 Å². The second-order valence-corrected chi connectivity index (χ2v) is 6.13. The van der Waals surface area contributed by atoms with Gasteiger partial charge in [-0.2, -0.15) is 0 Å². The molecule has 4 aromatic heterocycles. The number of aromatic nitrogens is 5. The van der Waals surface area contributed by atoms with Crippen molar-refractivity contribution in [3.8, 4) is 11.3 Å². The van der Waals surface area contributed by atoms with E-state index in [1.165, 1.54) is 12.5 Å². The van der Waals surface area contributed by atoms with E-state index in [0.717, 1.165) is 10.9 Å². The molecule has 0 aliphatic heterocycles. The maximum atomic E-state index is 12.4. The van der Waals surface area contributed by atoms with Crippen LogP contribution in [0.5, 0.6) is 0 Å². The van der Waals surface area contributed by atoms with Crippen LogP contribution in [-0.4, -0.2) is 25.1 Å². The maximum absolute atomic E-state index is 12.4. The molecule has 0 aliphatic carbocycles. The molecule has 9 heteroatoms. The standard InChI is InChI=1S/C17H13ClN6O2/c1-9(13-5-10-4-12(18)7-20-15(10)24-16(13)25)22-17-19-3-2-14(23-17)11-6-21-26-8-11/h2-9H,1H3,(H,19,22,23)(H,20,24,25)/t9-/m0/s1. The number of halogens is 1. The molecule has 0 unspecified atom stereocenters. The zero-order valence-electron chi connectivity index (χ0n) is 13.6. The number of nitrogens with zero attached hydrogens (tertiary/aromatic N) is 4. The zero-order chi connectivity index (χ0) is 18.1. The zero-order valence-corrected chi connectivity index (χ0v) is 14.4. The van der Waals surface area contributed by atoms with Crippen LogP contribution in [0.4, 0.5) is 5.95 Å². The number of aromatic amines is 1. The predicted octanol–water partition coefficient (Wildman–Crippen LogP) is 3.19. The van der Waals surface area contributed by atoms with E-state index in [9.17, 15) is 4.79 Å². The minimum Gasteiger partial charge on any atom is -0.364 e. The molecule has 0 aromatic carbocycles. The maximum Gasteiger partial charge on any atom is 0.254 e. The molecular formula is C17H13ClN6O2. The van der Waals surface area contributed by atoms with Crippen molar-refractivity contribution < 1.29 is 4.52 Å². The molecular weight excluding hydrogens is 356 g/mol. The summed E-state index contributed by atoms with van der Waals surface area (Å²) in [5.74, 6) is 0.389. The van der Waals surface area contributed by atoms with Crippen molar-refractivity contribution in [3.63, 3.8) is 0 Å². The Labute approximate surface area is 152 Å². The van der Waals surface area contributed by atoms with Crippen molar-refractivity contribution in [2.75, 3.05) is 5.32 Å². The monoisotopic (exact) mass is 368 g/mol. The molecule has 26 heavy (non-hydrogen) atoms. The summed E-state index contributed by atoms with van der Waals surface area (Å²) in [6, 6.07) is 4.92.